The third-order valence-electron chi connectivity index (χ3n) is 5.46. The molecule has 0 aliphatic carbocycles. The Hall–Kier alpha value is -2.13. The first-order valence-electron chi connectivity index (χ1n) is 10.9. The van der Waals surface area contributed by atoms with Crippen LogP contribution in [-0.4, -0.2) is 65.0 Å². The van der Waals surface area contributed by atoms with E-state index in [0.717, 1.165) is 39.1 Å². The molecule has 0 spiro atoms. The van der Waals surface area contributed by atoms with Gasteiger partial charge in [-0.3, -0.25) is 9.69 Å². The molecule has 0 bridgehead atoms. The highest BCUT2D eigenvalue weighted by atomic mass is 35.5. The predicted molar refractivity (Wildman–Crippen MR) is 129 cm³/mol. The molecule has 174 valence electrons. The number of carbonyl (C=O) groups excluding carboxylic acids is 1. The number of rotatable bonds is 10. The largest absolute Gasteiger partial charge is 0.369 e. The number of anilines is 1. The van der Waals surface area contributed by atoms with Crippen LogP contribution in [0.1, 0.15) is 18.4 Å². The minimum atomic E-state index is -3.67. The van der Waals surface area contributed by atoms with E-state index in [1.54, 1.807) is 12.1 Å². The normalized spacial score (nSPS) is 15.0. The summed E-state index contributed by atoms with van der Waals surface area (Å²) in [7, 11) is -3.67. The molecule has 2 aromatic rings. The van der Waals surface area contributed by atoms with E-state index in [2.05, 4.69) is 51.0 Å². The van der Waals surface area contributed by atoms with E-state index in [9.17, 15) is 13.2 Å². The van der Waals surface area contributed by atoms with Crippen LogP contribution in [0.4, 0.5) is 5.69 Å². The highest BCUT2D eigenvalue weighted by molar-refractivity contribution is 7.89. The summed E-state index contributed by atoms with van der Waals surface area (Å²) >= 11 is 5.84. The van der Waals surface area contributed by atoms with Gasteiger partial charge in [-0.2, -0.15) is 0 Å². The fourth-order valence-corrected chi connectivity index (χ4v) is 5.02. The fraction of sp³-hybridized carbons (Fsp3) is 0.435. The summed E-state index contributed by atoms with van der Waals surface area (Å²) in [6.07, 6.45) is 0.958. The van der Waals surface area contributed by atoms with Crippen molar-refractivity contribution >= 4 is 33.2 Å². The Kier molecular flexibility index (Phi) is 8.92. The van der Waals surface area contributed by atoms with Crippen LogP contribution in [0.15, 0.2) is 53.4 Å². The lowest BCUT2D eigenvalue weighted by Gasteiger charge is -2.36. The number of benzene rings is 2. The van der Waals surface area contributed by atoms with Gasteiger partial charge in [0.2, 0.25) is 15.9 Å². The first-order chi connectivity index (χ1) is 15.3. The highest BCUT2D eigenvalue weighted by Gasteiger charge is 2.17. The van der Waals surface area contributed by atoms with Crippen molar-refractivity contribution in [2.24, 2.45) is 0 Å². The first kappa shape index (κ1) is 24.5. The second-order valence-corrected chi connectivity index (χ2v) is 10.2. The lowest BCUT2D eigenvalue weighted by molar-refractivity contribution is -0.120. The molecule has 0 atom stereocenters. The third kappa shape index (κ3) is 7.48. The molecule has 9 heteroatoms. The molecule has 32 heavy (non-hydrogen) atoms. The molecule has 2 aromatic carbocycles. The quantitative estimate of drug-likeness (QED) is 0.513. The summed E-state index contributed by atoms with van der Waals surface area (Å²) in [6.45, 7) is 7.69. The molecule has 3 rings (SSSR count). The number of nitrogens with zero attached hydrogens (tertiary/aromatic N) is 2. The minimum Gasteiger partial charge on any atom is -0.369 e. The molecule has 1 aliphatic heterocycles. The Morgan fingerprint density at radius 1 is 1.03 bits per heavy atom. The summed E-state index contributed by atoms with van der Waals surface area (Å²) in [6, 6.07) is 14.6. The zero-order chi connectivity index (χ0) is 23.0. The van der Waals surface area contributed by atoms with Gasteiger partial charge in [0.1, 0.15) is 0 Å². The van der Waals surface area contributed by atoms with E-state index in [0.29, 0.717) is 11.6 Å². The van der Waals surface area contributed by atoms with E-state index >= 15 is 0 Å². The molecule has 2 N–H and O–H groups in total. The van der Waals surface area contributed by atoms with Crippen molar-refractivity contribution in [3.05, 3.63) is 59.1 Å². The van der Waals surface area contributed by atoms with Crippen LogP contribution >= 0.6 is 11.6 Å². The first-order valence-corrected chi connectivity index (χ1v) is 12.8. The van der Waals surface area contributed by atoms with Crippen LogP contribution in [-0.2, 0) is 14.8 Å². The van der Waals surface area contributed by atoms with Crippen LogP contribution < -0.4 is 14.9 Å². The summed E-state index contributed by atoms with van der Waals surface area (Å²) in [5.74, 6) is -0.164. The average molecular weight is 479 g/mol. The van der Waals surface area contributed by atoms with Crippen LogP contribution in [0, 0.1) is 6.92 Å². The zero-order valence-corrected chi connectivity index (χ0v) is 20.0. The summed E-state index contributed by atoms with van der Waals surface area (Å²) in [4.78, 5) is 16.9. The molecule has 1 fully saturated rings. The van der Waals surface area contributed by atoms with Gasteiger partial charge < -0.3 is 10.2 Å². The second kappa shape index (κ2) is 11.7. The number of hydrogen-bond acceptors (Lipinski definition) is 5. The molecule has 1 amide bonds. The number of sulfonamides is 1. The SMILES string of the molecule is Cc1cccc(N2CCN(CCCNC(=O)CCNS(=O)(=O)c3cccc(Cl)c3)CC2)c1. The second-order valence-electron chi connectivity index (χ2n) is 7.98. The van der Waals surface area contributed by atoms with Gasteiger partial charge in [-0.15, -0.1) is 0 Å². The van der Waals surface area contributed by atoms with Crippen molar-refractivity contribution in [1.29, 1.82) is 0 Å². The zero-order valence-electron chi connectivity index (χ0n) is 18.4. The number of hydrogen-bond donors (Lipinski definition) is 2. The lowest BCUT2D eigenvalue weighted by atomic mass is 10.2. The third-order valence-corrected chi connectivity index (χ3v) is 7.16. The van der Waals surface area contributed by atoms with E-state index in [4.69, 9.17) is 11.6 Å². The molecule has 1 aliphatic rings. The van der Waals surface area contributed by atoms with Crippen LogP contribution in [0.2, 0.25) is 5.02 Å². The monoisotopic (exact) mass is 478 g/mol. The van der Waals surface area contributed by atoms with Crippen molar-refractivity contribution in [3.8, 4) is 0 Å². The molecular weight excluding hydrogens is 448 g/mol. The van der Waals surface area contributed by atoms with E-state index in [1.165, 1.54) is 23.4 Å². The minimum absolute atomic E-state index is 0.0433. The standard InChI is InChI=1S/C23H31ClN4O3S/c1-19-5-2-7-21(17-19)28-15-13-27(14-16-28)12-4-10-25-23(29)9-11-26-32(30,31)22-8-3-6-20(24)18-22/h2-3,5-8,17-18,26H,4,9-16H2,1H3,(H,25,29). The van der Waals surface area contributed by atoms with Crippen LogP contribution in [0.3, 0.4) is 0 Å². The smallest absolute Gasteiger partial charge is 0.240 e. The number of amides is 1. The molecule has 1 saturated heterocycles. The van der Waals surface area contributed by atoms with Gasteiger partial charge in [0.15, 0.2) is 0 Å². The van der Waals surface area contributed by atoms with Gasteiger partial charge in [-0.05, 0) is 55.8 Å². The maximum absolute atomic E-state index is 12.2. The number of carbonyl (C=O) groups is 1. The van der Waals surface area contributed by atoms with Gasteiger partial charge in [-0.25, -0.2) is 13.1 Å². The van der Waals surface area contributed by atoms with E-state index in [-0.39, 0.29) is 23.8 Å². The van der Waals surface area contributed by atoms with Crippen LogP contribution in [0.25, 0.3) is 0 Å². The van der Waals surface area contributed by atoms with Crippen molar-refractivity contribution in [3.63, 3.8) is 0 Å². The topological polar surface area (TPSA) is 81.8 Å². The summed E-state index contributed by atoms with van der Waals surface area (Å²) < 4.78 is 26.9. The molecule has 0 radical (unpaired) electrons. The number of halogens is 1. The summed E-state index contributed by atoms with van der Waals surface area (Å²) in [5.41, 5.74) is 2.56. The van der Waals surface area contributed by atoms with Gasteiger partial charge in [-0.1, -0.05) is 29.8 Å². The van der Waals surface area contributed by atoms with Crippen molar-refractivity contribution in [2.75, 3.05) is 50.7 Å². The average Bonchev–Trinajstić information content (AvgIpc) is 2.77. The maximum atomic E-state index is 12.2. The van der Waals surface area contributed by atoms with Crippen molar-refractivity contribution < 1.29 is 13.2 Å². The maximum Gasteiger partial charge on any atom is 0.240 e. The van der Waals surface area contributed by atoms with Crippen LogP contribution in [0.5, 0.6) is 0 Å². The molecule has 0 saturated carbocycles. The lowest BCUT2D eigenvalue weighted by Crippen LogP contribution is -2.47. The predicted octanol–water partition coefficient (Wildman–Crippen LogP) is 2.65. The van der Waals surface area contributed by atoms with Gasteiger partial charge in [0, 0.05) is 56.4 Å². The van der Waals surface area contributed by atoms with E-state index < -0.39 is 10.0 Å². The Balaban J connectivity index is 1.28. The Morgan fingerprint density at radius 2 is 1.78 bits per heavy atom. The fourth-order valence-electron chi connectivity index (χ4n) is 3.69. The Bertz CT molecular complexity index is 1010. The molecule has 1 heterocycles. The van der Waals surface area contributed by atoms with E-state index in [1.807, 2.05) is 0 Å². The molecular formula is C23H31ClN4O3S. The van der Waals surface area contributed by atoms with Gasteiger partial charge >= 0.3 is 0 Å². The van der Waals surface area contributed by atoms with Gasteiger partial charge in [0.25, 0.3) is 0 Å². The van der Waals surface area contributed by atoms with Gasteiger partial charge in [0.05, 0.1) is 4.90 Å². The summed E-state index contributed by atoms with van der Waals surface area (Å²) in [5, 5.41) is 3.22. The molecule has 0 unspecified atom stereocenters. The Morgan fingerprint density at radius 3 is 2.50 bits per heavy atom. The number of piperazine rings is 1. The highest BCUT2D eigenvalue weighted by Crippen LogP contribution is 2.18. The number of aryl methyl sites for hydroxylation is 1. The van der Waals surface area contributed by atoms with Crippen molar-refractivity contribution in [2.45, 2.75) is 24.7 Å². The van der Waals surface area contributed by atoms with Crippen molar-refractivity contribution in [1.82, 2.24) is 14.9 Å². The Labute approximate surface area is 195 Å². The number of nitrogens with one attached hydrogen (secondary N) is 2. The molecule has 7 nitrogen and oxygen atoms in total. The molecule has 0 aromatic heterocycles.